The summed E-state index contributed by atoms with van der Waals surface area (Å²) in [5.41, 5.74) is -0.0509. The summed E-state index contributed by atoms with van der Waals surface area (Å²) in [6, 6.07) is 0.731. The fourth-order valence-corrected chi connectivity index (χ4v) is 1.58. The van der Waals surface area contributed by atoms with E-state index in [-0.39, 0.29) is 18.3 Å². The fourth-order valence-electron chi connectivity index (χ4n) is 1.16. The monoisotopic (exact) mass is 261 g/mol. The maximum atomic E-state index is 13.1. The molecule has 0 atom stereocenters. The summed E-state index contributed by atoms with van der Waals surface area (Å²) >= 11 is 0. The van der Waals surface area contributed by atoms with Crippen LogP contribution in [0, 0.1) is 5.95 Å². The predicted molar refractivity (Wildman–Crippen MR) is 53.3 cm³/mol. The zero-order chi connectivity index (χ0) is 12.6. The van der Waals surface area contributed by atoms with E-state index in [4.69, 9.17) is 9.88 Å². The van der Waals surface area contributed by atoms with Crippen LogP contribution in [0.4, 0.5) is 4.39 Å². The van der Waals surface area contributed by atoms with Gasteiger partial charge in [-0.1, -0.05) is 0 Å². The van der Waals surface area contributed by atoms with Gasteiger partial charge in [-0.2, -0.15) is 18.9 Å². The lowest BCUT2D eigenvalue weighted by atomic mass is 10.6. The number of ether oxygens (including phenoxy) is 1. The van der Waals surface area contributed by atoms with Gasteiger partial charge in [-0.05, 0) is 6.92 Å². The first-order valence-electron chi connectivity index (χ1n) is 4.50. The molecule has 0 amide bonds. The molecule has 0 bridgehead atoms. The largest absolute Gasteiger partial charge is 0.464 e. The molecule has 0 aromatic carbocycles. The normalized spacial score (nSPS) is 11.9. The smallest absolute Gasteiger partial charge is 0.322 e. The molecule has 0 aliphatic rings. The van der Waals surface area contributed by atoms with E-state index in [1.54, 1.807) is 6.92 Å². The molecule has 2 aromatic rings. The third-order valence-electron chi connectivity index (χ3n) is 1.77. The van der Waals surface area contributed by atoms with Gasteiger partial charge in [0.2, 0.25) is 5.95 Å². The molecule has 0 aliphatic carbocycles. The topological polar surface area (TPSA) is 112 Å². The molecule has 0 fully saturated rings. The molecule has 0 spiro atoms. The van der Waals surface area contributed by atoms with Crippen LogP contribution in [0.5, 0.6) is 6.01 Å². The summed E-state index contributed by atoms with van der Waals surface area (Å²) in [4.78, 5) is 6.99. The summed E-state index contributed by atoms with van der Waals surface area (Å²) < 4.78 is 41.1. The van der Waals surface area contributed by atoms with Crippen molar-refractivity contribution < 1.29 is 17.5 Å². The predicted octanol–water partition coefficient (Wildman–Crippen LogP) is -0.691. The molecular formula is C7H8FN5O3S. The highest BCUT2D eigenvalue weighted by Gasteiger charge is 2.18. The highest BCUT2D eigenvalue weighted by Crippen LogP contribution is 2.13. The summed E-state index contributed by atoms with van der Waals surface area (Å²) in [5, 5.41) is 7.82. The van der Waals surface area contributed by atoms with E-state index in [2.05, 4.69) is 15.1 Å². The van der Waals surface area contributed by atoms with E-state index in [1.165, 1.54) is 0 Å². The molecule has 8 nitrogen and oxygen atoms in total. The highest BCUT2D eigenvalue weighted by molar-refractivity contribution is 7.89. The Morgan fingerprint density at radius 2 is 2.24 bits per heavy atom. The van der Waals surface area contributed by atoms with Crippen molar-refractivity contribution in [3.63, 3.8) is 0 Å². The number of sulfonamides is 1. The van der Waals surface area contributed by atoms with Crippen LogP contribution < -0.4 is 9.88 Å². The molecule has 0 aliphatic heterocycles. The second-order valence-electron chi connectivity index (χ2n) is 3.00. The number of nitrogens with zero attached hydrogens (tertiary/aromatic N) is 4. The van der Waals surface area contributed by atoms with Gasteiger partial charge in [0.1, 0.15) is 0 Å². The van der Waals surface area contributed by atoms with Crippen LogP contribution in [0.25, 0.3) is 5.65 Å². The standard InChI is InChI=1S/C7H8FN5O3S/c1-2-16-7-10-4(8)3-5-11-6(12-13(5)7)17(9,14)15/h3H,2H2,1H3,(H2,9,14,15). The molecule has 10 heteroatoms. The summed E-state index contributed by atoms with van der Waals surface area (Å²) in [6.07, 6.45) is 0. The van der Waals surface area contributed by atoms with Gasteiger partial charge >= 0.3 is 6.01 Å². The minimum Gasteiger partial charge on any atom is -0.464 e. The van der Waals surface area contributed by atoms with Gasteiger partial charge in [0, 0.05) is 6.07 Å². The van der Waals surface area contributed by atoms with E-state index >= 15 is 0 Å². The Bertz CT molecular complexity index is 667. The number of hydrogen-bond acceptors (Lipinski definition) is 6. The van der Waals surface area contributed by atoms with Crippen molar-refractivity contribution in [3.05, 3.63) is 12.0 Å². The van der Waals surface area contributed by atoms with Crippen molar-refractivity contribution in [2.75, 3.05) is 6.61 Å². The lowest BCUT2D eigenvalue weighted by Crippen LogP contribution is -2.14. The van der Waals surface area contributed by atoms with Gasteiger partial charge in [0.05, 0.1) is 6.61 Å². The minimum atomic E-state index is -4.06. The second kappa shape index (κ2) is 3.89. The number of primary sulfonamides is 1. The highest BCUT2D eigenvalue weighted by atomic mass is 32.2. The van der Waals surface area contributed by atoms with Crippen LogP contribution in [0.3, 0.4) is 0 Å². The van der Waals surface area contributed by atoms with Crippen LogP contribution in [-0.4, -0.2) is 34.6 Å². The second-order valence-corrected chi connectivity index (χ2v) is 4.46. The van der Waals surface area contributed by atoms with Gasteiger partial charge in [-0.3, -0.25) is 0 Å². The number of aromatic nitrogens is 4. The number of halogens is 1. The van der Waals surface area contributed by atoms with E-state index in [0.29, 0.717) is 0 Å². The Morgan fingerprint density at radius 1 is 1.53 bits per heavy atom. The molecule has 0 radical (unpaired) electrons. The maximum Gasteiger partial charge on any atom is 0.322 e. The van der Waals surface area contributed by atoms with E-state index < -0.39 is 21.1 Å². The van der Waals surface area contributed by atoms with Gasteiger partial charge in [-0.15, -0.1) is 5.10 Å². The molecule has 0 saturated carbocycles. The Morgan fingerprint density at radius 3 is 2.82 bits per heavy atom. The summed E-state index contributed by atoms with van der Waals surface area (Å²) in [7, 11) is -4.06. The number of rotatable bonds is 3. The first-order chi connectivity index (χ1) is 7.91. The molecule has 92 valence electrons. The molecule has 2 N–H and O–H groups in total. The first-order valence-corrected chi connectivity index (χ1v) is 6.05. The van der Waals surface area contributed by atoms with E-state index in [1.807, 2.05) is 0 Å². The maximum absolute atomic E-state index is 13.1. The van der Waals surface area contributed by atoms with Crippen LogP contribution in [0.15, 0.2) is 11.2 Å². The number of fused-ring (bicyclic) bond motifs is 1. The van der Waals surface area contributed by atoms with Gasteiger partial charge in [-0.25, -0.2) is 13.6 Å². The molecule has 2 aromatic heterocycles. The minimum absolute atomic E-state index is 0.0509. The van der Waals surface area contributed by atoms with Crippen LogP contribution in [0.2, 0.25) is 0 Å². The average molecular weight is 261 g/mol. The lowest BCUT2D eigenvalue weighted by Gasteiger charge is -2.02. The van der Waals surface area contributed by atoms with Crippen molar-refractivity contribution in [1.29, 1.82) is 0 Å². The van der Waals surface area contributed by atoms with Crippen LogP contribution >= 0.6 is 0 Å². The Kier molecular flexibility index (Phi) is 2.67. The molecule has 2 heterocycles. The Labute approximate surface area is 95.3 Å². The van der Waals surface area contributed by atoms with Crippen molar-refractivity contribution in [1.82, 2.24) is 19.6 Å². The SMILES string of the molecule is CCOc1nc(F)cc2nc(S(N)(=O)=O)nn12. The molecule has 0 unspecified atom stereocenters. The first kappa shape index (κ1) is 11.7. The van der Waals surface area contributed by atoms with Crippen molar-refractivity contribution in [2.45, 2.75) is 12.1 Å². The van der Waals surface area contributed by atoms with Crippen molar-refractivity contribution >= 4 is 15.7 Å². The average Bonchev–Trinajstić information content (AvgIpc) is 2.61. The van der Waals surface area contributed by atoms with E-state index in [0.717, 1.165) is 10.6 Å². The Balaban J connectivity index is 2.71. The third-order valence-corrected chi connectivity index (χ3v) is 2.45. The summed E-state index contributed by atoms with van der Waals surface area (Å²) in [5.74, 6) is -0.852. The lowest BCUT2D eigenvalue weighted by molar-refractivity contribution is 0.296. The fraction of sp³-hybridized carbons (Fsp3) is 0.286. The van der Waals surface area contributed by atoms with Gasteiger partial charge < -0.3 is 4.74 Å². The molecule has 2 rings (SSSR count). The van der Waals surface area contributed by atoms with Crippen LogP contribution in [0.1, 0.15) is 6.92 Å². The molecule has 0 saturated heterocycles. The van der Waals surface area contributed by atoms with E-state index in [9.17, 15) is 12.8 Å². The molecular weight excluding hydrogens is 253 g/mol. The zero-order valence-electron chi connectivity index (χ0n) is 8.66. The summed E-state index contributed by atoms with van der Waals surface area (Å²) in [6.45, 7) is 1.88. The third kappa shape index (κ3) is 2.17. The number of hydrogen-bond donors (Lipinski definition) is 1. The van der Waals surface area contributed by atoms with Crippen molar-refractivity contribution in [3.8, 4) is 6.01 Å². The van der Waals surface area contributed by atoms with Gasteiger partial charge in [0.25, 0.3) is 15.2 Å². The Hall–Kier alpha value is -1.81. The van der Waals surface area contributed by atoms with Crippen LogP contribution in [-0.2, 0) is 10.0 Å². The molecule has 17 heavy (non-hydrogen) atoms. The zero-order valence-corrected chi connectivity index (χ0v) is 9.48. The van der Waals surface area contributed by atoms with Gasteiger partial charge in [0.15, 0.2) is 5.65 Å². The van der Waals surface area contributed by atoms with Crippen molar-refractivity contribution in [2.24, 2.45) is 5.14 Å². The quantitative estimate of drug-likeness (QED) is 0.732. The number of nitrogens with two attached hydrogens (primary N) is 1.